The van der Waals surface area contributed by atoms with Crippen molar-refractivity contribution in [3.8, 4) is 11.5 Å². The summed E-state index contributed by atoms with van der Waals surface area (Å²) < 4.78 is 6.10. The van der Waals surface area contributed by atoms with Crippen LogP contribution in [0.5, 0.6) is 11.5 Å². The second-order valence-electron chi connectivity index (χ2n) is 5.38. The molecule has 2 rings (SSSR count). The van der Waals surface area contributed by atoms with Crippen LogP contribution in [0.1, 0.15) is 27.8 Å². The first-order valence-electron chi connectivity index (χ1n) is 7.07. The molecule has 2 N–H and O–H groups in total. The van der Waals surface area contributed by atoms with Gasteiger partial charge in [-0.05, 0) is 80.6 Å². The van der Waals surface area contributed by atoms with E-state index in [0.29, 0.717) is 6.54 Å². The second kappa shape index (κ2) is 6.10. The lowest BCUT2D eigenvalue weighted by Crippen LogP contribution is -2.04. The standard InChI is InChI=1S/C18H23NO/c1-12-5-6-13(2)18(15(12)4)20-17-8-7-16(9-10-19)14(3)11-17/h5-8,11H,9-10,19H2,1-4H3. The Balaban J connectivity index is 2.31. The normalized spacial score (nSPS) is 10.7. The summed E-state index contributed by atoms with van der Waals surface area (Å²) in [5, 5.41) is 0. The van der Waals surface area contributed by atoms with Gasteiger partial charge in [0.15, 0.2) is 0 Å². The van der Waals surface area contributed by atoms with E-state index in [-0.39, 0.29) is 0 Å². The number of aryl methyl sites for hydroxylation is 3. The summed E-state index contributed by atoms with van der Waals surface area (Å²) in [6.45, 7) is 9.08. The Morgan fingerprint density at radius 3 is 2.25 bits per heavy atom. The minimum absolute atomic E-state index is 0.678. The van der Waals surface area contributed by atoms with E-state index in [1.165, 1.54) is 22.3 Å². The van der Waals surface area contributed by atoms with E-state index >= 15 is 0 Å². The molecule has 2 aromatic carbocycles. The molecule has 0 atom stereocenters. The van der Waals surface area contributed by atoms with Gasteiger partial charge in [-0.25, -0.2) is 0 Å². The van der Waals surface area contributed by atoms with Crippen LogP contribution in [0.3, 0.4) is 0 Å². The summed E-state index contributed by atoms with van der Waals surface area (Å²) in [6.07, 6.45) is 0.911. The third kappa shape index (κ3) is 3.02. The van der Waals surface area contributed by atoms with Crippen LogP contribution in [-0.4, -0.2) is 6.54 Å². The van der Waals surface area contributed by atoms with E-state index in [4.69, 9.17) is 10.5 Å². The van der Waals surface area contributed by atoms with Crippen LogP contribution >= 0.6 is 0 Å². The van der Waals surface area contributed by atoms with Crippen molar-refractivity contribution in [1.82, 2.24) is 0 Å². The second-order valence-corrected chi connectivity index (χ2v) is 5.38. The van der Waals surface area contributed by atoms with Gasteiger partial charge in [0, 0.05) is 0 Å². The van der Waals surface area contributed by atoms with Crippen molar-refractivity contribution >= 4 is 0 Å². The smallest absolute Gasteiger partial charge is 0.133 e. The zero-order valence-electron chi connectivity index (χ0n) is 12.8. The molecule has 2 nitrogen and oxygen atoms in total. The van der Waals surface area contributed by atoms with Crippen LogP contribution in [-0.2, 0) is 6.42 Å². The minimum Gasteiger partial charge on any atom is -0.457 e. The summed E-state index contributed by atoms with van der Waals surface area (Å²) >= 11 is 0. The van der Waals surface area contributed by atoms with Crippen molar-refractivity contribution < 1.29 is 4.74 Å². The summed E-state index contributed by atoms with van der Waals surface area (Å²) in [5.41, 5.74) is 11.8. The molecule has 106 valence electrons. The van der Waals surface area contributed by atoms with Gasteiger partial charge in [-0.2, -0.15) is 0 Å². The maximum absolute atomic E-state index is 6.10. The maximum atomic E-state index is 6.10. The lowest BCUT2D eigenvalue weighted by Gasteiger charge is -2.15. The number of nitrogens with two attached hydrogens (primary N) is 1. The van der Waals surface area contributed by atoms with E-state index < -0.39 is 0 Å². The van der Waals surface area contributed by atoms with Gasteiger partial charge in [-0.15, -0.1) is 0 Å². The molecule has 0 aliphatic heterocycles. The molecule has 2 heteroatoms. The zero-order valence-corrected chi connectivity index (χ0v) is 12.8. The minimum atomic E-state index is 0.678. The molecule has 0 saturated heterocycles. The van der Waals surface area contributed by atoms with Crippen molar-refractivity contribution in [2.75, 3.05) is 6.54 Å². The molecule has 0 unspecified atom stereocenters. The molecule has 2 aromatic rings. The molecule has 0 saturated carbocycles. The third-order valence-electron chi connectivity index (χ3n) is 3.82. The van der Waals surface area contributed by atoms with Crippen LogP contribution in [0.25, 0.3) is 0 Å². The molecule has 0 bridgehead atoms. The van der Waals surface area contributed by atoms with Crippen molar-refractivity contribution in [2.45, 2.75) is 34.1 Å². The zero-order chi connectivity index (χ0) is 14.7. The lowest BCUT2D eigenvalue weighted by atomic mass is 10.0. The topological polar surface area (TPSA) is 35.2 Å². The van der Waals surface area contributed by atoms with E-state index in [0.717, 1.165) is 23.5 Å². The molecule has 0 fully saturated rings. The summed E-state index contributed by atoms with van der Waals surface area (Å²) in [7, 11) is 0. The highest BCUT2D eigenvalue weighted by Crippen LogP contribution is 2.31. The first-order valence-corrected chi connectivity index (χ1v) is 7.07. The fraction of sp³-hybridized carbons (Fsp3) is 0.333. The van der Waals surface area contributed by atoms with Gasteiger partial charge in [0.1, 0.15) is 11.5 Å². The highest BCUT2D eigenvalue weighted by Gasteiger charge is 2.08. The monoisotopic (exact) mass is 269 g/mol. The molecule has 0 aliphatic carbocycles. The van der Waals surface area contributed by atoms with Crippen LogP contribution in [0.4, 0.5) is 0 Å². The number of rotatable bonds is 4. The van der Waals surface area contributed by atoms with E-state index in [2.05, 4.69) is 52.0 Å². The number of benzene rings is 2. The number of hydrogen-bond donors (Lipinski definition) is 1. The largest absolute Gasteiger partial charge is 0.457 e. The molecule has 20 heavy (non-hydrogen) atoms. The molecule has 0 spiro atoms. The Morgan fingerprint density at radius 1 is 0.900 bits per heavy atom. The lowest BCUT2D eigenvalue weighted by molar-refractivity contribution is 0.474. The molecule has 0 aliphatic rings. The molecule has 0 aromatic heterocycles. The van der Waals surface area contributed by atoms with Crippen molar-refractivity contribution in [1.29, 1.82) is 0 Å². The SMILES string of the molecule is Cc1cc(Oc2c(C)ccc(C)c2C)ccc1CCN. The van der Waals surface area contributed by atoms with E-state index in [1.54, 1.807) is 0 Å². The van der Waals surface area contributed by atoms with Crippen LogP contribution in [0.15, 0.2) is 30.3 Å². The fourth-order valence-electron chi connectivity index (χ4n) is 2.37. The van der Waals surface area contributed by atoms with Gasteiger partial charge in [-0.3, -0.25) is 0 Å². The first-order chi connectivity index (χ1) is 9.52. The Labute approximate surface area is 121 Å². The van der Waals surface area contributed by atoms with Gasteiger partial charge in [0.25, 0.3) is 0 Å². The molecular weight excluding hydrogens is 246 g/mol. The fourth-order valence-corrected chi connectivity index (χ4v) is 2.37. The first kappa shape index (κ1) is 14.6. The van der Waals surface area contributed by atoms with E-state index in [1.807, 2.05) is 6.07 Å². The Hall–Kier alpha value is -1.80. The molecule has 0 heterocycles. The number of hydrogen-bond acceptors (Lipinski definition) is 2. The summed E-state index contributed by atoms with van der Waals surface area (Å²) in [5.74, 6) is 1.86. The van der Waals surface area contributed by atoms with Crippen molar-refractivity contribution in [3.63, 3.8) is 0 Å². The predicted octanol–water partition coefficient (Wildman–Crippen LogP) is 4.21. The number of ether oxygens (including phenoxy) is 1. The predicted molar refractivity (Wildman–Crippen MR) is 84.7 cm³/mol. The average Bonchev–Trinajstić information content (AvgIpc) is 2.42. The van der Waals surface area contributed by atoms with Gasteiger partial charge < -0.3 is 10.5 Å². The van der Waals surface area contributed by atoms with Crippen LogP contribution in [0, 0.1) is 27.7 Å². The van der Waals surface area contributed by atoms with Crippen molar-refractivity contribution in [2.24, 2.45) is 5.73 Å². The highest BCUT2D eigenvalue weighted by molar-refractivity contribution is 5.47. The van der Waals surface area contributed by atoms with Crippen LogP contribution < -0.4 is 10.5 Å². The molecule has 0 radical (unpaired) electrons. The Bertz CT molecular complexity index is 617. The maximum Gasteiger partial charge on any atom is 0.133 e. The van der Waals surface area contributed by atoms with Gasteiger partial charge in [-0.1, -0.05) is 18.2 Å². The van der Waals surface area contributed by atoms with Crippen LogP contribution in [0.2, 0.25) is 0 Å². The molecular formula is C18H23NO. The quantitative estimate of drug-likeness (QED) is 0.902. The Kier molecular flexibility index (Phi) is 4.46. The summed E-state index contributed by atoms with van der Waals surface area (Å²) in [4.78, 5) is 0. The van der Waals surface area contributed by atoms with Gasteiger partial charge in [0.2, 0.25) is 0 Å². The average molecular weight is 269 g/mol. The van der Waals surface area contributed by atoms with Gasteiger partial charge >= 0.3 is 0 Å². The molecule has 0 amide bonds. The highest BCUT2D eigenvalue weighted by atomic mass is 16.5. The van der Waals surface area contributed by atoms with Gasteiger partial charge in [0.05, 0.1) is 0 Å². The van der Waals surface area contributed by atoms with E-state index in [9.17, 15) is 0 Å². The summed E-state index contributed by atoms with van der Waals surface area (Å²) in [6, 6.07) is 10.5. The van der Waals surface area contributed by atoms with Crippen molar-refractivity contribution in [3.05, 3.63) is 58.1 Å². The Morgan fingerprint density at radius 2 is 1.60 bits per heavy atom. The third-order valence-corrected chi connectivity index (χ3v) is 3.82.